The van der Waals surface area contributed by atoms with Gasteiger partial charge in [-0.25, -0.2) is 4.79 Å². The second kappa shape index (κ2) is 5.18. The Morgan fingerprint density at radius 2 is 2.44 bits per heavy atom. The predicted octanol–water partition coefficient (Wildman–Crippen LogP) is 0.0832. The highest BCUT2D eigenvalue weighted by atomic mass is 16.5. The molecule has 7 heteroatoms. The van der Waals surface area contributed by atoms with Crippen LogP contribution in [0.5, 0.6) is 0 Å². The lowest BCUT2D eigenvalue weighted by Crippen LogP contribution is -2.41. The first-order valence-corrected chi connectivity index (χ1v) is 5.76. The number of carbonyl (C=O) groups excluding carboxylic acids is 1. The molecule has 7 nitrogen and oxygen atoms in total. The van der Waals surface area contributed by atoms with Crippen LogP contribution in [0.1, 0.15) is 29.1 Å². The van der Waals surface area contributed by atoms with Crippen LogP contribution in [0.2, 0.25) is 0 Å². The average molecular weight is 253 g/mol. The number of aromatic carboxylic acids is 1. The Bertz CT molecular complexity index is 457. The quantitative estimate of drug-likeness (QED) is 0.789. The van der Waals surface area contributed by atoms with E-state index in [4.69, 9.17) is 9.63 Å². The Hall–Kier alpha value is -1.89. The van der Waals surface area contributed by atoms with Gasteiger partial charge < -0.3 is 14.9 Å². The molecule has 0 radical (unpaired) electrons. The van der Waals surface area contributed by atoms with Crippen LogP contribution in [-0.4, -0.2) is 46.7 Å². The summed E-state index contributed by atoms with van der Waals surface area (Å²) in [7, 11) is 1.61. The second-order valence-electron chi connectivity index (χ2n) is 4.23. The molecule has 1 amide bonds. The lowest BCUT2D eigenvalue weighted by Gasteiger charge is -2.21. The van der Waals surface area contributed by atoms with Crippen molar-refractivity contribution >= 4 is 11.9 Å². The van der Waals surface area contributed by atoms with Crippen molar-refractivity contribution in [3.05, 3.63) is 17.5 Å². The van der Waals surface area contributed by atoms with Crippen LogP contribution >= 0.6 is 0 Å². The number of rotatable bonds is 4. The first-order chi connectivity index (χ1) is 8.61. The number of likely N-dealkylation sites (N-methyl/N-ethyl adjacent to an activating group) is 1. The minimum Gasteiger partial charge on any atom is -0.476 e. The van der Waals surface area contributed by atoms with Crippen molar-refractivity contribution in [2.75, 3.05) is 13.6 Å². The highest BCUT2D eigenvalue weighted by molar-refractivity contribution is 5.85. The fraction of sp³-hybridized carbons (Fsp3) is 0.545. The number of carbonyl (C=O) groups is 2. The smallest absolute Gasteiger partial charge is 0.358 e. The Labute approximate surface area is 104 Å². The topological polar surface area (TPSA) is 95.7 Å². The molecule has 98 valence electrons. The van der Waals surface area contributed by atoms with Crippen molar-refractivity contribution in [1.29, 1.82) is 0 Å². The van der Waals surface area contributed by atoms with E-state index < -0.39 is 5.97 Å². The second-order valence-corrected chi connectivity index (χ2v) is 4.23. The fourth-order valence-corrected chi connectivity index (χ4v) is 2.17. The number of nitrogens with one attached hydrogen (secondary N) is 1. The molecule has 0 saturated carbocycles. The van der Waals surface area contributed by atoms with Crippen LogP contribution in [0.25, 0.3) is 0 Å². The molecule has 1 aromatic rings. The summed E-state index contributed by atoms with van der Waals surface area (Å²) in [6, 6.07) is 1.22. The molecule has 0 spiro atoms. The summed E-state index contributed by atoms with van der Waals surface area (Å²) >= 11 is 0. The summed E-state index contributed by atoms with van der Waals surface area (Å²) in [6.45, 7) is 1.19. The molecule has 1 aliphatic heterocycles. The number of hydrogen-bond donors (Lipinski definition) is 2. The largest absolute Gasteiger partial charge is 0.476 e. The van der Waals surface area contributed by atoms with E-state index in [0.717, 1.165) is 19.4 Å². The summed E-state index contributed by atoms with van der Waals surface area (Å²) in [4.78, 5) is 24.3. The van der Waals surface area contributed by atoms with Crippen LogP contribution in [-0.2, 0) is 11.3 Å². The maximum absolute atomic E-state index is 11.6. The van der Waals surface area contributed by atoms with Gasteiger partial charge in [0.2, 0.25) is 5.91 Å². The average Bonchev–Trinajstić information content (AvgIpc) is 2.97. The molecule has 0 bridgehead atoms. The first-order valence-electron chi connectivity index (χ1n) is 5.76. The molecule has 18 heavy (non-hydrogen) atoms. The van der Waals surface area contributed by atoms with Gasteiger partial charge in [0.1, 0.15) is 0 Å². The van der Waals surface area contributed by atoms with Crippen molar-refractivity contribution in [2.45, 2.75) is 25.4 Å². The first kappa shape index (κ1) is 12.6. The van der Waals surface area contributed by atoms with Gasteiger partial charge in [-0.05, 0) is 19.4 Å². The van der Waals surface area contributed by atoms with Gasteiger partial charge in [-0.15, -0.1) is 0 Å². The summed E-state index contributed by atoms with van der Waals surface area (Å²) in [5.74, 6) is -0.678. The third-order valence-corrected chi connectivity index (χ3v) is 3.05. The molecule has 0 aliphatic carbocycles. The summed E-state index contributed by atoms with van der Waals surface area (Å²) in [5, 5.41) is 14.8. The molecule has 1 fully saturated rings. The lowest BCUT2D eigenvalue weighted by molar-refractivity contribution is -0.125. The minimum atomic E-state index is -1.12. The normalized spacial score (nSPS) is 19.9. The molecule has 1 atom stereocenters. The molecule has 1 aliphatic rings. The van der Waals surface area contributed by atoms with Gasteiger partial charge in [0.15, 0.2) is 11.5 Å². The van der Waals surface area contributed by atoms with Gasteiger partial charge in [0.05, 0.1) is 12.6 Å². The van der Waals surface area contributed by atoms with Crippen molar-refractivity contribution in [2.24, 2.45) is 0 Å². The van der Waals surface area contributed by atoms with Crippen molar-refractivity contribution in [1.82, 2.24) is 15.4 Å². The van der Waals surface area contributed by atoms with Gasteiger partial charge >= 0.3 is 5.97 Å². The highest BCUT2D eigenvalue weighted by Crippen LogP contribution is 2.20. The summed E-state index contributed by atoms with van der Waals surface area (Å²) < 4.78 is 4.95. The zero-order valence-electron chi connectivity index (χ0n) is 10.0. The number of carboxylic acids is 1. The van der Waals surface area contributed by atoms with E-state index >= 15 is 0 Å². The Morgan fingerprint density at radius 3 is 3.06 bits per heavy atom. The minimum absolute atomic E-state index is 0.0227. The zero-order valence-corrected chi connectivity index (χ0v) is 10.0. The van der Waals surface area contributed by atoms with Crippen LogP contribution in [0.4, 0.5) is 0 Å². The zero-order chi connectivity index (χ0) is 13.1. The molecular formula is C11H15N3O4. The van der Waals surface area contributed by atoms with Crippen molar-refractivity contribution < 1.29 is 19.2 Å². The summed E-state index contributed by atoms with van der Waals surface area (Å²) in [5.41, 5.74) is -0.110. The van der Waals surface area contributed by atoms with Gasteiger partial charge in [-0.3, -0.25) is 9.69 Å². The van der Waals surface area contributed by atoms with E-state index in [9.17, 15) is 9.59 Å². The highest BCUT2D eigenvalue weighted by Gasteiger charge is 2.30. The summed E-state index contributed by atoms with van der Waals surface area (Å²) in [6.07, 6.45) is 1.75. The van der Waals surface area contributed by atoms with E-state index in [2.05, 4.69) is 10.5 Å². The SMILES string of the molecule is CNC(=O)C1CCCN1Cc1cc(C(=O)O)no1. The maximum atomic E-state index is 11.6. The number of likely N-dealkylation sites (tertiary alicyclic amines) is 1. The van der Waals surface area contributed by atoms with E-state index in [1.165, 1.54) is 6.07 Å². The van der Waals surface area contributed by atoms with Crippen LogP contribution in [0.15, 0.2) is 10.6 Å². The van der Waals surface area contributed by atoms with E-state index in [1.807, 2.05) is 4.90 Å². The molecule has 2 N–H and O–H groups in total. The van der Waals surface area contributed by atoms with E-state index in [0.29, 0.717) is 12.3 Å². The molecule has 2 heterocycles. The Morgan fingerprint density at radius 1 is 1.67 bits per heavy atom. The molecule has 0 aromatic carbocycles. The number of carboxylic acid groups (broad SMARTS) is 1. The van der Waals surface area contributed by atoms with Gasteiger partial charge in [-0.2, -0.15) is 0 Å². The van der Waals surface area contributed by atoms with E-state index in [1.54, 1.807) is 7.05 Å². The predicted molar refractivity (Wildman–Crippen MR) is 61.0 cm³/mol. The van der Waals surface area contributed by atoms with Crippen molar-refractivity contribution in [3.63, 3.8) is 0 Å². The fourth-order valence-electron chi connectivity index (χ4n) is 2.17. The Kier molecular flexibility index (Phi) is 3.61. The van der Waals surface area contributed by atoms with E-state index in [-0.39, 0.29) is 17.6 Å². The maximum Gasteiger partial charge on any atom is 0.358 e. The lowest BCUT2D eigenvalue weighted by atomic mass is 10.2. The number of aromatic nitrogens is 1. The van der Waals surface area contributed by atoms with Crippen molar-refractivity contribution in [3.8, 4) is 0 Å². The molecule has 1 saturated heterocycles. The van der Waals surface area contributed by atoms with Gasteiger partial charge in [0.25, 0.3) is 0 Å². The molecular weight excluding hydrogens is 238 g/mol. The number of hydrogen-bond acceptors (Lipinski definition) is 5. The third-order valence-electron chi connectivity index (χ3n) is 3.05. The molecule has 1 aromatic heterocycles. The van der Waals surface area contributed by atoms with Crippen LogP contribution < -0.4 is 5.32 Å². The monoisotopic (exact) mass is 253 g/mol. The molecule has 2 rings (SSSR count). The standard InChI is InChI=1S/C11H15N3O4/c1-12-10(15)9-3-2-4-14(9)6-7-5-8(11(16)17)13-18-7/h5,9H,2-4,6H2,1H3,(H,12,15)(H,16,17). The molecule has 1 unspecified atom stereocenters. The van der Waals surface area contributed by atoms with Crippen LogP contribution in [0, 0.1) is 0 Å². The number of amides is 1. The third kappa shape index (κ3) is 2.51. The van der Waals surface area contributed by atoms with Gasteiger partial charge in [0, 0.05) is 13.1 Å². The van der Waals surface area contributed by atoms with Gasteiger partial charge in [-0.1, -0.05) is 5.16 Å². The van der Waals surface area contributed by atoms with Crippen LogP contribution in [0.3, 0.4) is 0 Å². The number of nitrogens with zero attached hydrogens (tertiary/aromatic N) is 2. The Balaban J connectivity index is 2.03.